The maximum absolute atomic E-state index is 13.1. The number of thiazole rings is 1. The SMILES string of the molecule is Cc1ccc(-c2sc(N)nc2C)cc1S(=O)(=O)Nc1ccc(OC(=O)N2CCOCC2)cc1. The third-order valence-electron chi connectivity index (χ3n) is 5.13. The van der Waals surface area contributed by atoms with Gasteiger partial charge in [-0.15, -0.1) is 0 Å². The van der Waals surface area contributed by atoms with Crippen LogP contribution in [0.15, 0.2) is 47.4 Å². The second kappa shape index (κ2) is 9.38. The molecule has 1 aliphatic heterocycles. The summed E-state index contributed by atoms with van der Waals surface area (Å²) < 4.78 is 39.4. The molecule has 33 heavy (non-hydrogen) atoms. The fraction of sp³-hybridized carbons (Fsp3) is 0.273. The summed E-state index contributed by atoms with van der Waals surface area (Å²) in [7, 11) is -3.86. The van der Waals surface area contributed by atoms with Gasteiger partial charge in [0.25, 0.3) is 10.0 Å². The first-order valence-corrected chi connectivity index (χ1v) is 12.5. The molecule has 0 bridgehead atoms. The molecule has 3 aromatic rings. The first-order chi connectivity index (χ1) is 15.7. The van der Waals surface area contributed by atoms with Crippen molar-refractivity contribution in [2.24, 2.45) is 0 Å². The molecule has 0 unspecified atom stereocenters. The Morgan fingerprint density at radius 2 is 1.85 bits per heavy atom. The highest BCUT2D eigenvalue weighted by atomic mass is 32.2. The fourth-order valence-electron chi connectivity index (χ4n) is 3.43. The number of morpholine rings is 1. The van der Waals surface area contributed by atoms with Gasteiger partial charge in [0.15, 0.2) is 5.13 Å². The number of aromatic nitrogens is 1. The number of nitrogens with two attached hydrogens (primary N) is 1. The largest absolute Gasteiger partial charge is 0.415 e. The normalized spacial score (nSPS) is 14.2. The summed E-state index contributed by atoms with van der Waals surface area (Å²) in [5, 5.41) is 0.431. The van der Waals surface area contributed by atoms with E-state index in [0.29, 0.717) is 48.4 Å². The van der Waals surface area contributed by atoms with Crippen molar-refractivity contribution >= 4 is 38.3 Å². The number of hydrogen-bond acceptors (Lipinski definition) is 8. The summed E-state index contributed by atoms with van der Waals surface area (Å²) in [5.41, 5.74) is 8.24. The van der Waals surface area contributed by atoms with Gasteiger partial charge in [-0.25, -0.2) is 18.2 Å². The number of amides is 1. The van der Waals surface area contributed by atoms with Crippen LogP contribution in [0.2, 0.25) is 0 Å². The molecule has 9 nitrogen and oxygen atoms in total. The monoisotopic (exact) mass is 488 g/mol. The van der Waals surface area contributed by atoms with Crippen LogP contribution in [0.1, 0.15) is 11.3 Å². The van der Waals surface area contributed by atoms with E-state index in [1.165, 1.54) is 11.3 Å². The molecule has 1 aliphatic rings. The summed E-state index contributed by atoms with van der Waals surface area (Å²) in [6, 6.07) is 11.4. The van der Waals surface area contributed by atoms with Crippen molar-refractivity contribution in [1.82, 2.24) is 9.88 Å². The molecule has 11 heteroatoms. The Morgan fingerprint density at radius 1 is 1.15 bits per heavy atom. The molecule has 0 aliphatic carbocycles. The lowest BCUT2D eigenvalue weighted by Crippen LogP contribution is -2.42. The zero-order chi connectivity index (χ0) is 23.6. The predicted molar refractivity (Wildman–Crippen MR) is 127 cm³/mol. The van der Waals surface area contributed by atoms with Crippen molar-refractivity contribution in [1.29, 1.82) is 0 Å². The third kappa shape index (κ3) is 5.27. The Morgan fingerprint density at radius 3 is 2.48 bits per heavy atom. The Hall–Kier alpha value is -3.15. The van der Waals surface area contributed by atoms with Crippen molar-refractivity contribution in [3.8, 4) is 16.2 Å². The average Bonchev–Trinajstić information content (AvgIpc) is 3.13. The standard InChI is InChI=1S/C22H24N4O5S2/c1-14-3-4-16(20-15(2)24-21(23)32-20)13-19(14)33(28,29)25-17-5-7-18(8-6-17)31-22(27)26-9-11-30-12-10-26/h3-8,13,25H,9-12H2,1-2H3,(H2,23,24). The molecular weight excluding hydrogens is 464 g/mol. The molecule has 0 radical (unpaired) electrons. The number of nitrogens with zero attached hydrogens (tertiary/aromatic N) is 2. The number of carbonyl (C=O) groups excluding carboxylic acids is 1. The molecule has 1 aromatic heterocycles. The molecule has 2 aromatic carbocycles. The molecule has 0 saturated carbocycles. The number of benzene rings is 2. The highest BCUT2D eigenvalue weighted by Crippen LogP contribution is 2.34. The van der Waals surface area contributed by atoms with E-state index < -0.39 is 16.1 Å². The molecule has 1 saturated heterocycles. The van der Waals surface area contributed by atoms with Gasteiger partial charge in [-0.2, -0.15) is 0 Å². The second-order valence-corrected chi connectivity index (χ2v) is 10.2. The molecule has 1 amide bonds. The van der Waals surface area contributed by atoms with Crippen LogP contribution in [0.4, 0.5) is 15.6 Å². The number of hydrogen-bond donors (Lipinski definition) is 2. The lowest BCUT2D eigenvalue weighted by atomic mass is 10.1. The minimum Gasteiger partial charge on any atom is -0.410 e. The van der Waals surface area contributed by atoms with Crippen molar-refractivity contribution in [2.75, 3.05) is 36.8 Å². The van der Waals surface area contributed by atoms with E-state index in [1.807, 2.05) is 13.0 Å². The van der Waals surface area contributed by atoms with Gasteiger partial charge in [0.1, 0.15) is 5.75 Å². The Kier molecular flexibility index (Phi) is 6.54. The maximum Gasteiger partial charge on any atom is 0.415 e. The molecule has 3 N–H and O–H groups in total. The van der Waals surface area contributed by atoms with E-state index in [9.17, 15) is 13.2 Å². The maximum atomic E-state index is 13.1. The van der Waals surface area contributed by atoms with Gasteiger partial charge in [0.05, 0.1) is 28.7 Å². The van der Waals surface area contributed by atoms with Crippen molar-refractivity contribution in [3.05, 3.63) is 53.7 Å². The van der Waals surface area contributed by atoms with Gasteiger partial charge in [0.2, 0.25) is 0 Å². The molecular formula is C22H24N4O5S2. The number of aryl methyl sites for hydroxylation is 2. The van der Waals surface area contributed by atoms with Gasteiger partial charge in [-0.1, -0.05) is 23.5 Å². The Balaban J connectivity index is 1.50. The number of carbonyl (C=O) groups is 1. The number of ether oxygens (including phenoxy) is 2. The Labute approximate surface area is 196 Å². The van der Waals surface area contributed by atoms with Gasteiger partial charge in [-0.05, 0) is 55.3 Å². The molecule has 2 heterocycles. The number of rotatable bonds is 5. The zero-order valence-corrected chi connectivity index (χ0v) is 19.8. The van der Waals surface area contributed by atoms with Gasteiger partial charge >= 0.3 is 6.09 Å². The summed E-state index contributed by atoms with van der Waals surface area (Å²) in [4.78, 5) is 19.0. The highest BCUT2D eigenvalue weighted by Gasteiger charge is 2.21. The van der Waals surface area contributed by atoms with Crippen LogP contribution in [0.3, 0.4) is 0 Å². The van der Waals surface area contributed by atoms with Crippen LogP contribution in [0, 0.1) is 13.8 Å². The molecule has 174 valence electrons. The van der Waals surface area contributed by atoms with Crippen LogP contribution in [0.25, 0.3) is 10.4 Å². The van der Waals surface area contributed by atoms with Gasteiger partial charge in [0, 0.05) is 18.8 Å². The van der Waals surface area contributed by atoms with Crippen LogP contribution in [-0.2, 0) is 14.8 Å². The van der Waals surface area contributed by atoms with Crippen molar-refractivity contribution in [3.63, 3.8) is 0 Å². The average molecular weight is 489 g/mol. The second-order valence-electron chi connectivity index (χ2n) is 7.54. The first-order valence-electron chi connectivity index (χ1n) is 10.2. The minimum absolute atomic E-state index is 0.161. The minimum atomic E-state index is -3.86. The van der Waals surface area contributed by atoms with E-state index in [4.69, 9.17) is 15.2 Å². The van der Waals surface area contributed by atoms with Gasteiger partial charge in [-0.3, -0.25) is 4.72 Å². The van der Waals surface area contributed by atoms with E-state index in [-0.39, 0.29) is 4.90 Å². The first kappa shape index (κ1) is 23.0. The molecule has 1 fully saturated rings. The molecule has 0 atom stereocenters. The van der Waals surface area contributed by atoms with Gasteiger partial charge < -0.3 is 20.1 Å². The topological polar surface area (TPSA) is 124 Å². The summed E-state index contributed by atoms with van der Waals surface area (Å²) in [5.74, 6) is 0.325. The molecule has 4 rings (SSSR count). The van der Waals surface area contributed by atoms with E-state index in [0.717, 1.165) is 16.1 Å². The fourth-order valence-corrected chi connectivity index (χ4v) is 5.59. The molecule has 0 spiro atoms. The summed E-state index contributed by atoms with van der Waals surface area (Å²) in [6.45, 7) is 5.48. The highest BCUT2D eigenvalue weighted by molar-refractivity contribution is 7.92. The lowest BCUT2D eigenvalue weighted by molar-refractivity contribution is 0.0416. The number of sulfonamides is 1. The van der Waals surface area contributed by atoms with E-state index in [2.05, 4.69) is 9.71 Å². The zero-order valence-electron chi connectivity index (χ0n) is 18.2. The van der Waals surface area contributed by atoms with E-state index >= 15 is 0 Å². The van der Waals surface area contributed by atoms with Crippen LogP contribution >= 0.6 is 11.3 Å². The number of nitrogen functional groups attached to an aromatic ring is 1. The number of anilines is 2. The van der Waals surface area contributed by atoms with E-state index in [1.54, 1.807) is 48.2 Å². The van der Waals surface area contributed by atoms with Crippen LogP contribution in [0.5, 0.6) is 5.75 Å². The van der Waals surface area contributed by atoms with Crippen LogP contribution in [-0.4, -0.2) is 50.7 Å². The number of nitrogens with one attached hydrogen (secondary N) is 1. The summed E-state index contributed by atoms with van der Waals surface area (Å²) in [6.07, 6.45) is -0.460. The quantitative estimate of drug-likeness (QED) is 0.562. The third-order valence-corrected chi connectivity index (χ3v) is 7.69. The van der Waals surface area contributed by atoms with Crippen molar-refractivity contribution in [2.45, 2.75) is 18.7 Å². The summed E-state index contributed by atoms with van der Waals surface area (Å²) >= 11 is 1.31. The van der Waals surface area contributed by atoms with Crippen molar-refractivity contribution < 1.29 is 22.7 Å². The van der Waals surface area contributed by atoms with Crippen LogP contribution < -0.4 is 15.2 Å². The smallest absolute Gasteiger partial charge is 0.410 e. The predicted octanol–water partition coefficient (Wildman–Crippen LogP) is 3.64. The lowest BCUT2D eigenvalue weighted by Gasteiger charge is -2.25. The Bertz CT molecular complexity index is 1270.